The molecule has 4 N–H and O–H groups in total. The molecule has 1 aromatic rings. The Bertz CT molecular complexity index is 399. The number of carboxylic acids is 2. The summed E-state index contributed by atoms with van der Waals surface area (Å²) in [5.74, 6) is -3.39. The van der Waals surface area contributed by atoms with Gasteiger partial charge < -0.3 is 35.7 Å². The van der Waals surface area contributed by atoms with E-state index in [1.54, 1.807) is 18.2 Å². The summed E-state index contributed by atoms with van der Waals surface area (Å²) in [6.07, 6.45) is 1.53. The minimum atomic E-state index is -1.45. The number of primary amides is 1. The van der Waals surface area contributed by atoms with E-state index >= 15 is 0 Å². The quantitative estimate of drug-likeness (QED) is 0.530. The van der Waals surface area contributed by atoms with Crippen LogP contribution < -0.4 is 15.9 Å². The molecule has 1 aromatic heterocycles. The average molecular weight is 336 g/mol. The first kappa shape index (κ1) is 23.1. The van der Waals surface area contributed by atoms with Crippen LogP contribution in [0.1, 0.15) is 10.5 Å². The third-order valence-electron chi connectivity index (χ3n) is 1.36. The van der Waals surface area contributed by atoms with Crippen molar-refractivity contribution < 1.29 is 51.9 Å². The molecule has 0 spiro atoms. The van der Waals surface area contributed by atoms with Gasteiger partial charge in [-0.05, 0) is 12.1 Å². The molecule has 1 radical (unpaired) electrons. The maximum absolute atomic E-state index is 10.4. The van der Waals surface area contributed by atoms with E-state index in [1.807, 2.05) is 0 Å². The monoisotopic (exact) mass is 335 g/mol. The Labute approximate surface area is 124 Å². The number of ether oxygens (including phenoxy) is 1. The van der Waals surface area contributed by atoms with Crippen LogP contribution in [0, 0.1) is 0 Å². The fraction of sp³-hybridized carbons (Fsp3) is 0.200. The number of carbonyl (C=O) groups is 3. The van der Waals surface area contributed by atoms with Gasteiger partial charge in [-0.25, -0.2) is 0 Å². The van der Waals surface area contributed by atoms with Gasteiger partial charge in [0.1, 0.15) is 5.69 Å². The van der Waals surface area contributed by atoms with Crippen LogP contribution in [-0.2, 0) is 31.4 Å². The largest absolute Gasteiger partial charge is 2.00 e. The van der Waals surface area contributed by atoms with E-state index in [1.165, 1.54) is 6.20 Å². The van der Waals surface area contributed by atoms with E-state index < -0.39 is 31.1 Å². The number of carbonyl (C=O) groups excluding carboxylic acids is 3. The molecular weight excluding hydrogens is 324 g/mol. The maximum atomic E-state index is 10.4. The van der Waals surface area contributed by atoms with Crippen LogP contribution in [0.25, 0.3) is 0 Å². The van der Waals surface area contributed by atoms with Crippen LogP contribution in [0.15, 0.2) is 24.4 Å². The Hall–Kier alpha value is -2.00. The minimum Gasteiger partial charge on any atom is -0.548 e. The van der Waals surface area contributed by atoms with Crippen molar-refractivity contribution in [2.75, 3.05) is 13.2 Å². The smallest absolute Gasteiger partial charge is 0.548 e. The molecule has 0 aliphatic carbocycles. The van der Waals surface area contributed by atoms with Crippen LogP contribution in [0.2, 0.25) is 0 Å². The maximum Gasteiger partial charge on any atom is 2.00 e. The van der Waals surface area contributed by atoms with Gasteiger partial charge in [0.05, 0.1) is 25.2 Å². The molecule has 0 atom stereocenters. The Morgan fingerprint density at radius 3 is 1.90 bits per heavy atom. The molecule has 20 heavy (non-hydrogen) atoms. The molecule has 9 nitrogen and oxygen atoms in total. The number of nitrogens with two attached hydrogens (primary N) is 1. The first-order valence-electron chi connectivity index (χ1n) is 4.61. The second kappa shape index (κ2) is 13.4. The molecule has 0 unspecified atom stereocenters. The van der Waals surface area contributed by atoms with Crippen molar-refractivity contribution in [1.82, 2.24) is 4.98 Å². The topological polar surface area (TPSA) is 177 Å². The molecule has 1 rings (SSSR count). The molecular formula is C10H12CuN2O7. The number of carboxylic acid groups (broad SMARTS) is 2. The predicted molar refractivity (Wildman–Crippen MR) is 57.2 cm³/mol. The summed E-state index contributed by atoms with van der Waals surface area (Å²) in [4.78, 5) is 33.1. The summed E-state index contributed by atoms with van der Waals surface area (Å²) in [6.45, 7) is -1.43. The summed E-state index contributed by atoms with van der Waals surface area (Å²) in [5.41, 5.74) is 5.22. The van der Waals surface area contributed by atoms with Crippen LogP contribution >= 0.6 is 0 Å². The summed E-state index contributed by atoms with van der Waals surface area (Å²) < 4.78 is 4.03. The SMILES string of the molecule is NC(=O)c1ccccn1.O.O=C([O-])COCC(=O)[O-].[Cu+2]. The molecule has 0 aromatic carbocycles. The van der Waals surface area contributed by atoms with Crippen molar-refractivity contribution >= 4 is 17.8 Å². The Morgan fingerprint density at radius 2 is 1.65 bits per heavy atom. The molecule has 0 saturated carbocycles. The normalized spacial score (nSPS) is 8.00. The van der Waals surface area contributed by atoms with Crippen molar-refractivity contribution in [3.8, 4) is 0 Å². The summed E-state index contributed by atoms with van der Waals surface area (Å²) in [6, 6.07) is 5.02. The number of rotatable bonds is 5. The van der Waals surface area contributed by atoms with E-state index in [9.17, 15) is 24.6 Å². The molecule has 115 valence electrons. The van der Waals surface area contributed by atoms with Gasteiger partial charge in [-0.15, -0.1) is 0 Å². The molecule has 1 heterocycles. The van der Waals surface area contributed by atoms with Gasteiger partial charge in [-0.3, -0.25) is 9.78 Å². The van der Waals surface area contributed by atoms with Gasteiger partial charge in [0.25, 0.3) is 5.91 Å². The third kappa shape index (κ3) is 14.1. The van der Waals surface area contributed by atoms with Crippen LogP contribution in [0.3, 0.4) is 0 Å². The number of aromatic nitrogens is 1. The zero-order chi connectivity index (χ0) is 14.0. The number of aliphatic carboxylic acids is 2. The van der Waals surface area contributed by atoms with Crippen molar-refractivity contribution in [3.05, 3.63) is 30.1 Å². The minimum absolute atomic E-state index is 0. The predicted octanol–water partition coefficient (Wildman–Crippen LogP) is -4.14. The third-order valence-corrected chi connectivity index (χ3v) is 1.36. The van der Waals surface area contributed by atoms with Gasteiger partial charge in [0.2, 0.25) is 0 Å². The molecule has 0 aliphatic heterocycles. The number of hydrogen-bond donors (Lipinski definition) is 1. The second-order valence-corrected chi connectivity index (χ2v) is 2.82. The van der Waals surface area contributed by atoms with Crippen molar-refractivity contribution in [2.24, 2.45) is 5.73 Å². The first-order valence-corrected chi connectivity index (χ1v) is 4.61. The van der Waals surface area contributed by atoms with Gasteiger partial charge in [-0.2, -0.15) is 0 Å². The van der Waals surface area contributed by atoms with Gasteiger partial charge in [0.15, 0.2) is 0 Å². The number of amides is 1. The van der Waals surface area contributed by atoms with Gasteiger partial charge in [0, 0.05) is 6.20 Å². The summed E-state index contributed by atoms with van der Waals surface area (Å²) in [5, 5.41) is 19.1. The average Bonchev–Trinajstić information content (AvgIpc) is 2.30. The Morgan fingerprint density at radius 1 is 1.15 bits per heavy atom. The van der Waals surface area contributed by atoms with Crippen molar-refractivity contribution in [1.29, 1.82) is 0 Å². The zero-order valence-corrected chi connectivity index (χ0v) is 10.9. The van der Waals surface area contributed by atoms with E-state index in [2.05, 4.69) is 9.72 Å². The van der Waals surface area contributed by atoms with Gasteiger partial charge in [-0.1, -0.05) is 6.07 Å². The van der Waals surface area contributed by atoms with Gasteiger partial charge >= 0.3 is 17.1 Å². The number of nitrogens with zero attached hydrogens (tertiary/aromatic N) is 1. The van der Waals surface area contributed by atoms with E-state index in [0.717, 1.165) is 0 Å². The second-order valence-electron chi connectivity index (χ2n) is 2.82. The summed E-state index contributed by atoms with van der Waals surface area (Å²) >= 11 is 0. The molecule has 10 heteroatoms. The van der Waals surface area contributed by atoms with E-state index in [4.69, 9.17) is 5.73 Å². The number of hydrogen-bond acceptors (Lipinski definition) is 7. The number of pyridine rings is 1. The van der Waals surface area contributed by atoms with Crippen LogP contribution in [-0.4, -0.2) is 41.5 Å². The molecule has 0 aliphatic rings. The zero-order valence-electron chi connectivity index (χ0n) is 10.00. The summed E-state index contributed by atoms with van der Waals surface area (Å²) in [7, 11) is 0. The fourth-order valence-corrected chi connectivity index (χ4v) is 0.726. The standard InChI is InChI=1S/C6H6N2O.C4H6O5.Cu.H2O/c7-6(9)5-3-1-2-4-8-5;5-3(6)1-9-2-4(7)8;;/h1-4H,(H2,7,9);1-2H2,(H,5,6)(H,7,8);;1H2/q;;+2;/p-2. The molecule has 0 saturated heterocycles. The Balaban J connectivity index is -0.000000263. The van der Waals surface area contributed by atoms with Crippen molar-refractivity contribution in [3.63, 3.8) is 0 Å². The van der Waals surface area contributed by atoms with E-state index in [0.29, 0.717) is 5.69 Å². The molecule has 0 fully saturated rings. The van der Waals surface area contributed by atoms with Crippen LogP contribution in [0.5, 0.6) is 0 Å². The van der Waals surface area contributed by atoms with Crippen molar-refractivity contribution in [2.45, 2.75) is 0 Å². The van der Waals surface area contributed by atoms with E-state index in [-0.39, 0.29) is 22.5 Å². The fourth-order valence-electron chi connectivity index (χ4n) is 0.726. The Kier molecular flexibility index (Phi) is 15.5. The molecule has 1 amide bonds. The first-order chi connectivity index (χ1) is 8.43. The molecule has 0 bridgehead atoms. The van der Waals surface area contributed by atoms with Crippen LogP contribution in [0.4, 0.5) is 0 Å².